The molecule has 1 heterocycles. The molecule has 0 radical (unpaired) electrons. The lowest BCUT2D eigenvalue weighted by Crippen LogP contribution is -2.16. The maximum Gasteiger partial charge on any atom is 0.341 e. The molecule has 0 aliphatic heterocycles. The zero-order valence-electron chi connectivity index (χ0n) is 8.37. The van der Waals surface area contributed by atoms with Crippen LogP contribution in [0.4, 0.5) is 0 Å². The monoisotopic (exact) mass is 329 g/mol. The highest BCUT2D eigenvalue weighted by Crippen LogP contribution is 2.19. The van der Waals surface area contributed by atoms with Gasteiger partial charge in [-0.05, 0) is 47.2 Å². The van der Waals surface area contributed by atoms with Crippen LogP contribution in [0.15, 0.2) is 23.1 Å². The lowest BCUT2D eigenvalue weighted by molar-refractivity contribution is 0.0695. The van der Waals surface area contributed by atoms with Gasteiger partial charge in [0.1, 0.15) is 5.56 Å². The SMILES string of the molecule is Cc1c(I)ccc2[nH]cc(C(=O)O)c(=O)c12. The molecule has 0 unspecified atom stereocenters. The molecular formula is C11H8INO3. The Morgan fingerprint density at radius 2 is 2.12 bits per heavy atom. The third-order valence-corrected chi connectivity index (χ3v) is 3.64. The van der Waals surface area contributed by atoms with Gasteiger partial charge in [-0.3, -0.25) is 4.79 Å². The number of carbonyl (C=O) groups is 1. The van der Waals surface area contributed by atoms with E-state index < -0.39 is 11.4 Å². The van der Waals surface area contributed by atoms with Gasteiger partial charge in [0.2, 0.25) is 5.43 Å². The van der Waals surface area contributed by atoms with Crippen molar-refractivity contribution in [2.45, 2.75) is 6.92 Å². The van der Waals surface area contributed by atoms with Crippen molar-refractivity contribution in [2.75, 3.05) is 0 Å². The lowest BCUT2D eigenvalue weighted by atomic mass is 10.1. The van der Waals surface area contributed by atoms with Gasteiger partial charge in [0, 0.05) is 15.3 Å². The van der Waals surface area contributed by atoms with Crippen molar-refractivity contribution in [2.24, 2.45) is 0 Å². The number of H-pyrrole nitrogens is 1. The number of aromatic amines is 1. The average Bonchev–Trinajstić information content (AvgIpc) is 2.23. The van der Waals surface area contributed by atoms with E-state index in [2.05, 4.69) is 27.6 Å². The molecule has 2 N–H and O–H groups in total. The van der Waals surface area contributed by atoms with E-state index in [4.69, 9.17) is 5.11 Å². The molecule has 1 aromatic carbocycles. The fourth-order valence-corrected chi connectivity index (χ4v) is 2.06. The van der Waals surface area contributed by atoms with Crippen LogP contribution >= 0.6 is 22.6 Å². The molecular weight excluding hydrogens is 321 g/mol. The number of hydrogen-bond donors (Lipinski definition) is 2. The van der Waals surface area contributed by atoms with Crippen molar-refractivity contribution in [3.8, 4) is 0 Å². The Hall–Kier alpha value is -1.37. The smallest absolute Gasteiger partial charge is 0.341 e. The van der Waals surface area contributed by atoms with Gasteiger partial charge in [-0.2, -0.15) is 0 Å². The molecule has 1 aromatic heterocycles. The van der Waals surface area contributed by atoms with E-state index in [9.17, 15) is 9.59 Å². The van der Waals surface area contributed by atoms with Gasteiger partial charge in [-0.15, -0.1) is 0 Å². The second kappa shape index (κ2) is 3.89. The summed E-state index contributed by atoms with van der Waals surface area (Å²) in [5, 5.41) is 9.31. The minimum absolute atomic E-state index is 0.224. The minimum Gasteiger partial charge on any atom is -0.477 e. The first-order valence-electron chi connectivity index (χ1n) is 4.56. The van der Waals surface area contributed by atoms with E-state index in [-0.39, 0.29) is 5.56 Å². The number of pyridine rings is 1. The molecule has 0 fully saturated rings. The summed E-state index contributed by atoms with van der Waals surface area (Å²) in [4.78, 5) is 25.6. The number of aromatic nitrogens is 1. The van der Waals surface area contributed by atoms with Crippen molar-refractivity contribution < 1.29 is 9.90 Å². The summed E-state index contributed by atoms with van der Waals surface area (Å²) in [6, 6.07) is 3.66. The van der Waals surface area contributed by atoms with Crippen molar-refractivity contribution >= 4 is 39.5 Å². The van der Waals surface area contributed by atoms with Crippen LogP contribution < -0.4 is 5.43 Å². The number of halogens is 1. The van der Waals surface area contributed by atoms with E-state index >= 15 is 0 Å². The third-order valence-electron chi connectivity index (χ3n) is 2.47. The molecule has 0 bridgehead atoms. The zero-order valence-corrected chi connectivity index (χ0v) is 10.5. The van der Waals surface area contributed by atoms with E-state index in [0.29, 0.717) is 10.9 Å². The maximum atomic E-state index is 11.9. The van der Waals surface area contributed by atoms with Gasteiger partial charge in [0.25, 0.3) is 0 Å². The second-order valence-corrected chi connectivity index (χ2v) is 4.59. The molecule has 0 spiro atoms. The molecule has 2 aromatic rings. The van der Waals surface area contributed by atoms with Crippen LogP contribution in [-0.4, -0.2) is 16.1 Å². The van der Waals surface area contributed by atoms with Gasteiger partial charge < -0.3 is 10.1 Å². The summed E-state index contributed by atoms with van der Waals surface area (Å²) in [5.41, 5.74) is 0.810. The third kappa shape index (κ3) is 1.60. The highest BCUT2D eigenvalue weighted by molar-refractivity contribution is 14.1. The van der Waals surface area contributed by atoms with Gasteiger partial charge in [-0.1, -0.05) is 0 Å². The predicted molar refractivity (Wildman–Crippen MR) is 69.0 cm³/mol. The topological polar surface area (TPSA) is 70.2 Å². The quantitative estimate of drug-likeness (QED) is 0.788. The zero-order chi connectivity index (χ0) is 11.9. The van der Waals surface area contributed by atoms with Gasteiger partial charge >= 0.3 is 5.97 Å². The Bertz CT molecular complexity index is 645. The number of fused-ring (bicyclic) bond motifs is 1. The molecule has 4 nitrogen and oxygen atoms in total. The second-order valence-electron chi connectivity index (χ2n) is 3.43. The number of nitrogens with one attached hydrogen (secondary N) is 1. The van der Waals surface area contributed by atoms with E-state index in [0.717, 1.165) is 9.13 Å². The van der Waals surface area contributed by atoms with Crippen LogP contribution in [0.3, 0.4) is 0 Å². The first kappa shape index (κ1) is 11.1. The fourth-order valence-electron chi connectivity index (χ4n) is 1.61. The largest absolute Gasteiger partial charge is 0.477 e. The standard InChI is InChI=1S/C11H8INO3/c1-5-7(12)2-3-8-9(5)10(14)6(4-13-8)11(15)16/h2-4H,1H3,(H,13,14)(H,15,16). The average molecular weight is 329 g/mol. The molecule has 16 heavy (non-hydrogen) atoms. The summed E-state index contributed by atoms with van der Waals surface area (Å²) in [5.74, 6) is -1.21. The Kier molecular flexibility index (Phi) is 2.71. The van der Waals surface area contributed by atoms with Crippen LogP contribution in [0.5, 0.6) is 0 Å². The molecule has 0 saturated carbocycles. The molecule has 0 aliphatic rings. The Labute approximate surface area is 104 Å². The number of carboxylic acid groups (broad SMARTS) is 1. The van der Waals surface area contributed by atoms with Crippen LogP contribution in [0.25, 0.3) is 10.9 Å². The number of carboxylic acids is 1. The van der Waals surface area contributed by atoms with Gasteiger partial charge in [0.15, 0.2) is 0 Å². The molecule has 0 amide bonds. The Morgan fingerprint density at radius 1 is 1.44 bits per heavy atom. The first-order valence-corrected chi connectivity index (χ1v) is 5.64. The lowest BCUT2D eigenvalue weighted by Gasteiger charge is -2.04. The molecule has 0 atom stereocenters. The minimum atomic E-state index is -1.21. The number of aromatic carboxylic acids is 1. The Balaban J connectivity index is 2.98. The summed E-state index contributed by atoms with van der Waals surface area (Å²) >= 11 is 2.12. The van der Waals surface area contributed by atoms with Crippen molar-refractivity contribution in [3.63, 3.8) is 0 Å². The molecule has 0 aliphatic carbocycles. The maximum absolute atomic E-state index is 11.9. The molecule has 0 saturated heterocycles. The number of aryl methyl sites for hydroxylation is 1. The summed E-state index contributed by atoms with van der Waals surface area (Å²) in [6.45, 7) is 1.81. The van der Waals surface area contributed by atoms with E-state index in [1.807, 2.05) is 13.0 Å². The van der Waals surface area contributed by atoms with Gasteiger partial charge in [-0.25, -0.2) is 4.79 Å². The highest BCUT2D eigenvalue weighted by Gasteiger charge is 2.13. The molecule has 5 heteroatoms. The normalized spacial score (nSPS) is 10.6. The van der Waals surface area contributed by atoms with E-state index in [1.54, 1.807) is 6.07 Å². The van der Waals surface area contributed by atoms with Crippen molar-refractivity contribution in [3.05, 3.63) is 43.2 Å². The van der Waals surface area contributed by atoms with Crippen LogP contribution in [0.2, 0.25) is 0 Å². The van der Waals surface area contributed by atoms with Crippen LogP contribution in [0, 0.1) is 10.5 Å². The van der Waals surface area contributed by atoms with Crippen LogP contribution in [0.1, 0.15) is 15.9 Å². The van der Waals surface area contributed by atoms with E-state index in [1.165, 1.54) is 6.20 Å². The van der Waals surface area contributed by atoms with Crippen molar-refractivity contribution in [1.29, 1.82) is 0 Å². The first-order chi connectivity index (χ1) is 7.52. The summed E-state index contributed by atoms with van der Waals surface area (Å²) in [7, 11) is 0. The fraction of sp³-hybridized carbons (Fsp3) is 0.0909. The number of benzene rings is 1. The Morgan fingerprint density at radius 3 is 2.75 bits per heavy atom. The number of hydrogen-bond acceptors (Lipinski definition) is 2. The van der Waals surface area contributed by atoms with Gasteiger partial charge in [0.05, 0.1) is 5.39 Å². The predicted octanol–water partition coefficient (Wildman–Crippen LogP) is 2.14. The van der Waals surface area contributed by atoms with Crippen LogP contribution in [-0.2, 0) is 0 Å². The number of rotatable bonds is 1. The summed E-state index contributed by atoms with van der Waals surface area (Å²) in [6.07, 6.45) is 1.24. The molecule has 2 rings (SSSR count). The molecule has 82 valence electrons. The van der Waals surface area contributed by atoms with Crippen molar-refractivity contribution in [1.82, 2.24) is 4.98 Å². The highest BCUT2D eigenvalue weighted by atomic mass is 127. The summed E-state index contributed by atoms with van der Waals surface area (Å²) < 4.78 is 0.943.